The fraction of sp³-hybridized carbons (Fsp3) is 1.00. The van der Waals surface area contributed by atoms with E-state index in [1.807, 2.05) is 0 Å². The van der Waals surface area contributed by atoms with E-state index >= 15 is 0 Å². The highest BCUT2D eigenvalue weighted by molar-refractivity contribution is 4.93. The SMILES string of the molecule is O[C@H]1[C@@H]2OC3(CCCCC3)OC[C@H]2OC[C@@H]1O. The molecule has 3 rings (SSSR count). The van der Waals surface area contributed by atoms with Crippen LogP contribution in [0.15, 0.2) is 0 Å². The van der Waals surface area contributed by atoms with Crippen LogP contribution < -0.4 is 0 Å². The van der Waals surface area contributed by atoms with Gasteiger partial charge in [0, 0.05) is 12.8 Å². The fourth-order valence-corrected chi connectivity index (χ4v) is 3.01. The number of hydrogen-bond acceptors (Lipinski definition) is 5. The zero-order chi connectivity index (χ0) is 11.9. The second-order valence-corrected chi connectivity index (χ2v) is 5.29. The van der Waals surface area contributed by atoms with E-state index in [4.69, 9.17) is 14.2 Å². The molecule has 0 aromatic rings. The van der Waals surface area contributed by atoms with Crippen molar-refractivity contribution in [3.8, 4) is 0 Å². The van der Waals surface area contributed by atoms with Crippen molar-refractivity contribution in [2.75, 3.05) is 13.2 Å². The molecule has 5 nitrogen and oxygen atoms in total. The Kier molecular flexibility index (Phi) is 3.13. The zero-order valence-corrected chi connectivity index (χ0v) is 9.88. The highest BCUT2D eigenvalue weighted by atomic mass is 16.7. The molecule has 0 radical (unpaired) electrons. The average Bonchev–Trinajstić information content (AvgIpc) is 2.36. The van der Waals surface area contributed by atoms with Crippen molar-refractivity contribution in [3.63, 3.8) is 0 Å². The van der Waals surface area contributed by atoms with Crippen molar-refractivity contribution < 1.29 is 24.4 Å². The van der Waals surface area contributed by atoms with Crippen LogP contribution in [0, 0.1) is 0 Å². The topological polar surface area (TPSA) is 68.2 Å². The maximum atomic E-state index is 9.98. The van der Waals surface area contributed by atoms with Crippen LogP contribution in [0.4, 0.5) is 0 Å². The number of rotatable bonds is 0. The van der Waals surface area contributed by atoms with Crippen molar-refractivity contribution >= 4 is 0 Å². The summed E-state index contributed by atoms with van der Waals surface area (Å²) >= 11 is 0. The van der Waals surface area contributed by atoms with Gasteiger partial charge in [-0.25, -0.2) is 0 Å². The van der Waals surface area contributed by atoms with Crippen molar-refractivity contribution in [2.45, 2.75) is 62.3 Å². The van der Waals surface area contributed by atoms with Crippen molar-refractivity contribution in [3.05, 3.63) is 0 Å². The van der Waals surface area contributed by atoms with Crippen molar-refractivity contribution in [1.82, 2.24) is 0 Å². The van der Waals surface area contributed by atoms with E-state index in [2.05, 4.69) is 0 Å². The van der Waals surface area contributed by atoms with Gasteiger partial charge >= 0.3 is 0 Å². The van der Waals surface area contributed by atoms with Gasteiger partial charge in [0.15, 0.2) is 5.79 Å². The smallest absolute Gasteiger partial charge is 0.169 e. The molecule has 3 fully saturated rings. The van der Waals surface area contributed by atoms with Gasteiger partial charge in [-0.2, -0.15) is 0 Å². The number of fused-ring (bicyclic) bond motifs is 1. The Balaban J connectivity index is 1.73. The number of aliphatic hydroxyl groups is 2. The Labute approximate surface area is 101 Å². The number of aliphatic hydroxyl groups excluding tert-OH is 2. The Morgan fingerprint density at radius 1 is 1.00 bits per heavy atom. The summed E-state index contributed by atoms with van der Waals surface area (Å²) in [6.07, 6.45) is 2.73. The Bertz CT molecular complexity index is 274. The lowest BCUT2D eigenvalue weighted by Crippen LogP contribution is -2.63. The van der Waals surface area contributed by atoms with Gasteiger partial charge in [-0.05, 0) is 12.8 Å². The fourth-order valence-electron chi connectivity index (χ4n) is 3.01. The zero-order valence-electron chi connectivity index (χ0n) is 9.88. The van der Waals surface area contributed by atoms with Gasteiger partial charge in [-0.1, -0.05) is 6.42 Å². The molecule has 17 heavy (non-hydrogen) atoms. The lowest BCUT2D eigenvalue weighted by molar-refractivity contribution is -0.366. The summed E-state index contributed by atoms with van der Waals surface area (Å²) < 4.78 is 17.2. The summed E-state index contributed by atoms with van der Waals surface area (Å²) in [6.45, 7) is 0.608. The first-order chi connectivity index (χ1) is 8.20. The largest absolute Gasteiger partial charge is 0.388 e. The van der Waals surface area contributed by atoms with Crippen LogP contribution in [-0.2, 0) is 14.2 Å². The summed E-state index contributed by atoms with van der Waals surface area (Å²) in [5.74, 6) is -0.541. The minimum absolute atomic E-state index is 0.155. The molecule has 2 N–H and O–H groups in total. The predicted octanol–water partition coefficient (Wildman–Crippen LogP) is 0.183. The number of ether oxygens (including phenoxy) is 3. The molecule has 1 saturated carbocycles. The monoisotopic (exact) mass is 244 g/mol. The molecule has 1 spiro atoms. The first-order valence-corrected chi connectivity index (χ1v) is 6.50. The lowest BCUT2D eigenvalue weighted by Gasteiger charge is -2.50. The lowest BCUT2D eigenvalue weighted by atomic mass is 9.91. The molecule has 3 aliphatic rings. The van der Waals surface area contributed by atoms with Crippen LogP contribution in [0.3, 0.4) is 0 Å². The van der Waals surface area contributed by atoms with Crippen molar-refractivity contribution in [1.29, 1.82) is 0 Å². The standard InChI is InChI=1S/C12H20O5/c13-8-6-15-9-7-16-12(4-2-1-3-5-12)17-11(9)10(8)14/h8-11,13-14H,1-7H2/t8-,9+,10+,11+/m0/s1. The van der Waals surface area contributed by atoms with E-state index in [9.17, 15) is 10.2 Å². The molecular weight excluding hydrogens is 224 g/mol. The molecule has 98 valence electrons. The van der Waals surface area contributed by atoms with Crippen LogP contribution in [-0.4, -0.2) is 53.6 Å². The van der Waals surface area contributed by atoms with Gasteiger partial charge in [0.05, 0.1) is 13.2 Å². The molecule has 2 aliphatic heterocycles. The van der Waals surface area contributed by atoms with Crippen LogP contribution in [0.5, 0.6) is 0 Å². The first-order valence-electron chi connectivity index (χ1n) is 6.50. The van der Waals surface area contributed by atoms with Crippen LogP contribution in [0.25, 0.3) is 0 Å². The second-order valence-electron chi connectivity index (χ2n) is 5.29. The maximum absolute atomic E-state index is 9.98. The third-order valence-electron chi connectivity index (χ3n) is 4.06. The molecule has 0 amide bonds. The molecule has 0 unspecified atom stereocenters. The summed E-state index contributed by atoms with van der Waals surface area (Å²) in [5, 5.41) is 19.6. The molecule has 2 saturated heterocycles. The molecule has 0 aromatic carbocycles. The predicted molar refractivity (Wildman–Crippen MR) is 58.4 cm³/mol. The molecule has 2 heterocycles. The Morgan fingerprint density at radius 2 is 1.76 bits per heavy atom. The summed E-state index contributed by atoms with van der Waals surface area (Å²) in [5.41, 5.74) is 0. The van der Waals surface area contributed by atoms with Gasteiger partial charge in [0.1, 0.15) is 24.4 Å². The molecule has 0 aromatic heterocycles. The Hall–Kier alpha value is -0.200. The quantitative estimate of drug-likeness (QED) is 0.636. The van der Waals surface area contributed by atoms with E-state index in [0.29, 0.717) is 6.61 Å². The van der Waals surface area contributed by atoms with E-state index in [1.165, 1.54) is 6.42 Å². The summed E-state index contributed by atoms with van der Waals surface area (Å²) in [7, 11) is 0. The van der Waals surface area contributed by atoms with E-state index < -0.39 is 24.1 Å². The third-order valence-corrected chi connectivity index (χ3v) is 4.06. The van der Waals surface area contributed by atoms with Gasteiger partial charge in [0.2, 0.25) is 0 Å². The summed E-state index contributed by atoms with van der Waals surface area (Å²) in [4.78, 5) is 0. The number of hydrogen-bond donors (Lipinski definition) is 2. The third kappa shape index (κ3) is 2.11. The second kappa shape index (κ2) is 4.48. The molecule has 0 bridgehead atoms. The maximum Gasteiger partial charge on any atom is 0.169 e. The van der Waals surface area contributed by atoms with Crippen LogP contribution in [0.1, 0.15) is 32.1 Å². The Morgan fingerprint density at radius 3 is 2.53 bits per heavy atom. The molecule has 1 aliphatic carbocycles. The average molecular weight is 244 g/mol. The van der Waals surface area contributed by atoms with Crippen LogP contribution in [0.2, 0.25) is 0 Å². The molecule has 5 heteroatoms. The molecule has 4 atom stereocenters. The first kappa shape index (κ1) is 11.9. The normalized spacial score (nSPS) is 45.5. The van der Waals surface area contributed by atoms with Gasteiger partial charge in [0.25, 0.3) is 0 Å². The van der Waals surface area contributed by atoms with Gasteiger partial charge < -0.3 is 24.4 Å². The van der Waals surface area contributed by atoms with E-state index in [0.717, 1.165) is 25.7 Å². The minimum atomic E-state index is -0.864. The van der Waals surface area contributed by atoms with E-state index in [1.54, 1.807) is 0 Å². The van der Waals surface area contributed by atoms with Crippen molar-refractivity contribution in [2.24, 2.45) is 0 Å². The van der Waals surface area contributed by atoms with Crippen LogP contribution >= 0.6 is 0 Å². The molecular formula is C12H20O5. The highest BCUT2D eigenvalue weighted by Crippen LogP contribution is 2.39. The highest BCUT2D eigenvalue weighted by Gasteiger charge is 2.50. The van der Waals surface area contributed by atoms with Gasteiger partial charge in [-0.15, -0.1) is 0 Å². The minimum Gasteiger partial charge on any atom is -0.388 e. The summed E-state index contributed by atoms with van der Waals surface area (Å²) in [6, 6.07) is 0. The van der Waals surface area contributed by atoms with E-state index in [-0.39, 0.29) is 12.7 Å². The van der Waals surface area contributed by atoms with Gasteiger partial charge in [-0.3, -0.25) is 0 Å².